The van der Waals surface area contributed by atoms with Crippen LogP contribution in [-0.4, -0.2) is 12.6 Å². The molecule has 0 radical (unpaired) electrons. The lowest BCUT2D eigenvalue weighted by Crippen LogP contribution is -2.09. The third-order valence-electron chi connectivity index (χ3n) is 3.68. The van der Waals surface area contributed by atoms with Gasteiger partial charge in [0.15, 0.2) is 0 Å². The van der Waals surface area contributed by atoms with E-state index in [1.54, 1.807) is 30.3 Å². The Labute approximate surface area is 169 Å². The highest BCUT2D eigenvalue weighted by Gasteiger charge is 2.12. The molecule has 0 aliphatic heterocycles. The van der Waals surface area contributed by atoms with Gasteiger partial charge in [-0.2, -0.15) is 0 Å². The lowest BCUT2D eigenvalue weighted by molar-refractivity contribution is 0.0734. The molecule has 0 bridgehead atoms. The first-order valence-electron chi connectivity index (χ1n) is 8.06. The fourth-order valence-electron chi connectivity index (χ4n) is 2.34. The predicted molar refractivity (Wildman–Crippen MR) is 109 cm³/mol. The van der Waals surface area contributed by atoms with Gasteiger partial charge in [0.2, 0.25) is 0 Å². The third-order valence-corrected chi connectivity index (χ3v) is 4.83. The molecular weight excluding hydrogens is 460 g/mol. The molecule has 3 aromatic carbocycles. The Morgan fingerprint density at radius 2 is 1.62 bits per heavy atom. The van der Waals surface area contributed by atoms with E-state index in [9.17, 15) is 4.79 Å². The quantitative estimate of drug-likeness (QED) is 0.321. The van der Waals surface area contributed by atoms with Crippen molar-refractivity contribution >= 4 is 37.8 Å². The van der Waals surface area contributed by atoms with Gasteiger partial charge >= 0.3 is 5.97 Å². The summed E-state index contributed by atoms with van der Waals surface area (Å²) in [6.07, 6.45) is 0.820. The fraction of sp³-hybridized carbons (Fsp3) is 0.0952. The van der Waals surface area contributed by atoms with Gasteiger partial charge in [-0.05, 0) is 64.0 Å². The van der Waals surface area contributed by atoms with E-state index < -0.39 is 5.97 Å². The molecule has 0 fully saturated rings. The van der Waals surface area contributed by atoms with Gasteiger partial charge in [0.05, 0.1) is 16.6 Å². The number of hydrogen-bond acceptors (Lipinski definition) is 3. The Bertz CT molecular complexity index is 878. The van der Waals surface area contributed by atoms with Gasteiger partial charge in [-0.1, -0.05) is 46.3 Å². The number of ether oxygens (including phenoxy) is 2. The average Bonchev–Trinajstić information content (AvgIpc) is 2.65. The Balaban J connectivity index is 1.59. The van der Waals surface area contributed by atoms with Crippen LogP contribution in [0, 0.1) is 0 Å². The smallest absolute Gasteiger partial charge is 0.343 e. The second-order valence-electron chi connectivity index (χ2n) is 5.57. The van der Waals surface area contributed by atoms with Gasteiger partial charge in [0.25, 0.3) is 0 Å². The van der Waals surface area contributed by atoms with Crippen molar-refractivity contribution < 1.29 is 14.3 Å². The number of halogens is 2. The number of carbonyl (C=O) groups is 1. The SMILES string of the molecule is O=C(Oc1ccc(Br)cc1)c1ccc(OCCc2ccccc2)c(Br)c1. The summed E-state index contributed by atoms with van der Waals surface area (Å²) >= 11 is 6.81. The highest BCUT2D eigenvalue weighted by atomic mass is 79.9. The molecule has 0 aromatic heterocycles. The summed E-state index contributed by atoms with van der Waals surface area (Å²) in [7, 11) is 0. The molecule has 5 heteroatoms. The summed E-state index contributed by atoms with van der Waals surface area (Å²) in [5.41, 5.74) is 1.67. The van der Waals surface area contributed by atoms with Gasteiger partial charge in [-0.25, -0.2) is 4.79 Å². The first kappa shape index (κ1) is 18.7. The molecule has 3 aromatic rings. The molecule has 3 nitrogen and oxygen atoms in total. The minimum absolute atomic E-state index is 0.413. The van der Waals surface area contributed by atoms with Crippen molar-refractivity contribution in [1.82, 2.24) is 0 Å². The maximum absolute atomic E-state index is 12.3. The van der Waals surface area contributed by atoms with E-state index in [1.165, 1.54) is 5.56 Å². The summed E-state index contributed by atoms with van der Waals surface area (Å²) in [4.78, 5) is 12.3. The second-order valence-corrected chi connectivity index (χ2v) is 7.34. The van der Waals surface area contributed by atoms with Crippen molar-refractivity contribution in [2.45, 2.75) is 6.42 Å². The van der Waals surface area contributed by atoms with Gasteiger partial charge < -0.3 is 9.47 Å². The maximum atomic E-state index is 12.3. The number of carbonyl (C=O) groups excluding carboxylic acids is 1. The monoisotopic (exact) mass is 474 g/mol. The van der Waals surface area contributed by atoms with Crippen LogP contribution in [0.25, 0.3) is 0 Å². The first-order valence-corrected chi connectivity index (χ1v) is 9.64. The Morgan fingerprint density at radius 3 is 2.31 bits per heavy atom. The summed E-state index contributed by atoms with van der Waals surface area (Å²) in [5, 5.41) is 0. The lowest BCUT2D eigenvalue weighted by Gasteiger charge is -2.10. The molecule has 0 atom stereocenters. The van der Waals surface area contributed by atoms with Crippen LogP contribution in [0.15, 0.2) is 81.7 Å². The fourth-order valence-corrected chi connectivity index (χ4v) is 3.09. The van der Waals surface area contributed by atoms with Crippen LogP contribution in [0.4, 0.5) is 0 Å². The van der Waals surface area contributed by atoms with Crippen molar-refractivity contribution in [2.75, 3.05) is 6.61 Å². The lowest BCUT2D eigenvalue weighted by atomic mass is 10.2. The molecule has 0 amide bonds. The highest BCUT2D eigenvalue weighted by molar-refractivity contribution is 9.10. The molecule has 3 rings (SSSR count). The summed E-state index contributed by atoms with van der Waals surface area (Å²) < 4.78 is 12.8. The third kappa shape index (κ3) is 5.19. The molecule has 0 N–H and O–H groups in total. The van der Waals surface area contributed by atoms with E-state index in [2.05, 4.69) is 44.0 Å². The number of rotatable bonds is 6. The topological polar surface area (TPSA) is 35.5 Å². The number of benzene rings is 3. The average molecular weight is 476 g/mol. The van der Waals surface area contributed by atoms with Crippen molar-refractivity contribution in [3.63, 3.8) is 0 Å². The van der Waals surface area contributed by atoms with E-state index in [0.29, 0.717) is 23.7 Å². The van der Waals surface area contributed by atoms with Crippen LogP contribution >= 0.6 is 31.9 Å². The van der Waals surface area contributed by atoms with E-state index in [0.717, 1.165) is 15.4 Å². The number of esters is 1. The zero-order valence-electron chi connectivity index (χ0n) is 13.8. The normalized spacial score (nSPS) is 10.4. The predicted octanol–water partition coefficient (Wildman–Crippen LogP) is 6.05. The molecule has 0 spiro atoms. The van der Waals surface area contributed by atoms with E-state index in [1.807, 2.05) is 30.3 Å². The summed E-state index contributed by atoms with van der Waals surface area (Å²) in [5.74, 6) is 0.780. The molecule has 132 valence electrons. The van der Waals surface area contributed by atoms with Crippen molar-refractivity contribution in [1.29, 1.82) is 0 Å². The Kier molecular flexibility index (Phi) is 6.47. The maximum Gasteiger partial charge on any atom is 0.343 e. The van der Waals surface area contributed by atoms with Crippen molar-refractivity contribution in [3.05, 3.63) is 92.9 Å². The van der Waals surface area contributed by atoms with Gasteiger partial charge in [-0.15, -0.1) is 0 Å². The van der Waals surface area contributed by atoms with E-state index in [4.69, 9.17) is 9.47 Å². The minimum Gasteiger partial charge on any atom is -0.492 e. The van der Waals surface area contributed by atoms with E-state index in [-0.39, 0.29) is 0 Å². The van der Waals surface area contributed by atoms with E-state index >= 15 is 0 Å². The Hall–Kier alpha value is -2.11. The van der Waals surface area contributed by atoms with Gasteiger partial charge in [0.1, 0.15) is 11.5 Å². The molecule has 26 heavy (non-hydrogen) atoms. The van der Waals surface area contributed by atoms with Gasteiger partial charge in [0, 0.05) is 10.9 Å². The zero-order valence-corrected chi connectivity index (χ0v) is 17.0. The minimum atomic E-state index is -0.413. The molecule has 0 aliphatic carbocycles. The molecule has 0 aliphatic rings. The zero-order chi connectivity index (χ0) is 18.4. The molecular formula is C21H16Br2O3. The number of hydrogen-bond donors (Lipinski definition) is 0. The van der Waals surface area contributed by atoms with Crippen LogP contribution in [0.3, 0.4) is 0 Å². The second kappa shape index (κ2) is 9.01. The van der Waals surface area contributed by atoms with Crippen LogP contribution < -0.4 is 9.47 Å². The summed E-state index contributed by atoms with van der Waals surface area (Å²) in [6, 6.07) is 22.4. The standard InChI is InChI=1S/C21H16Br2O3/c22-17-7-9-18(10-8-17)26-21(24)16-6-11-20(19(23)14-16)25-13-12-15-4-2-1-3-5-15/h1-11,14H,12-13H2. The molecule has 0 unspecified atom stereocenters. The Morgan fingerprint density at radius 1 is 0.885 bits per heavy atom. The molecule has 0 heterocycles. The molecule has 0 saturated carbocycles. The van der Waals surface area contributed by atoms with Crippen molar-refractivity contribution in [2.24, 2.45) is 0 Å². The van der Waals surface area contributed by atoms with Gasteiger partial charge in [-0.3, -0.25) is 0 Å². The summed E-state index contributed by atoms with van der Waals surface area (Å²) in [6.45, 7) is 0.561. The molecule has 0 saturated heterocycles. The van der Waals surface area contributed by atoms with Crippen LogP contribution in [0.2, 0.25) is 0 Å². The first-order chi connectivity index (χ1) is 12.6. The van der Waals surface area contributed by atoms with Crippen LogP contribution in [0.1, 0.15) is 15.9 Å². The highest BCUT2D eigenvalue weighted by Crippen LogP contribution is 2.27. The largest absolute Gasteiger partial charge is 0.492 e. The van der Waals surface area contributed by atoms with Crippen LogP contribution in [-0.2, 0) is 6.42 Å². The van der Waals surface area contributed by atoms with Crippen LogP contribution in [0.5, 0.6) is 11.5 Å². The van der Waals surface area contributed by atoms with Crippen molar-refractivity contribution in [3.8, 4) is 11.5 Å².